The van der Waals surface area contributed by atoms with Crippen LogP contribution in [0.4, 0.5) is 4.79 Å². The molecule has 8 heteroatoms. The van der Waals surface area contributed by atoms with Gasteiger partial charge in [-0.15, -0.1) is 0 Å². The Balaban J connectivity index is 4.01. The smallest absolute Gasteiger partial charge is 0.326 e. The van der Waals surface area contributed by atoms with Crippen LogP contribution in [0, 0.1) is 0 Å². The molecule has 0 saturated heterocycles. The molecular formula is C11H21N3O5. The summed E-state index contributed by atoms with van der Waals surface area (Å²) in [7, 11) is 3.02. The van der Waals surface area contributed by atoms with Gasteiger partial charge in [0.15, 0.2) is 0 Å². The molecule has 0 fully saturated rings. The molecule has 2 amide bonds. The van der Waals surface area contributed by atoms with Gasteiger partial charge in [-0.2, -0.15) is 0 Å². The number of carbonyl (C=O) groups excluding carboxylic acids is 2. The SMILES string of the molecule is CNCCCNC(=O)N[C@H](CCC(=O)OC)C(=O)O. The highest BCUT2D eigenvalue weighted by Gasteiger charge is 2.20. The number of rotatable bonds is 9. The van der Waals surface area contributed by atoms with Crippen molar-refractivity contribution < 1.29 is 24.2 Å². The number of amides is 2. The summed E-state index contributed by atoms with van der Waals surface area (Å²) >= 11 is 0. The number of carboxylic acid groups (broad SMARTS) is 1. The lowest BCUT2D eigenvalue weighted by molar-refractivity contribution is -0.142. The Morgan fingerprint density at radius 3 is 2.47 bits per heavy atom. The monoisotopic (exact) mass is 275 g/mol. The largest absolute Gasteiger partial charge is 0.480 e. The second-order valence-electron chi connectivity index (χ2n) is 3.86. The quantitative estimate of drug-likeness (QED) is 0.326. The number of urea groups is 1. The van der Waals surface area contributed by atoms with Gasteiger partial charge in [0.2, 0.25) is 0 Å². The van der Waals surface area contributed by atoms with E-state index in [0.717, 1.165) is 13.0 Å². The van der Waals surface area contributed by atoms with Crippen LogP contribution >= 0.6 is 0 Å². The first-order valence-corrected chi connectivity index (χ1v) is 5.99. The van der Waals surface area contributed by atoms with Gasteiger partial charge in [0, 0.05) is 13.0 Å². The molecule has 0 rings (SSSR count). The third-order valence-electron chi connectivity index (χ3n) is 2.36. The lowest BCUT2D eigenvalue weighted by Crippen LogP contribution is -2.46. The van der Waals surface area contributed by atoms with Crippen LogP contribution in [0.2, 0.25) is 0 Å². The third-order valence-corrected chi connectivity index (χ3v) is 2.36. The van der Waals surface area contributed by atoms with Crippen molar-refractivity contribution in [3.05, 3.63) is 0 Å². The fourth-order valence-corrected chi connectivity index (χ4v) is 1.30. The van der Waals surface area contributed by atoms with Crippen LogP contribution in [0.15, 0.2) is 0 Å². The number of ether oxygens (including phenoxy) is 1. The minimum atomic E-state index is -1.19. The number of hydrogen-bond donors (Lipinski definition) is 4. The van der Waals surface area contributed by atoms with Crippen molar-refractivity contribution in [2.75, 3.05) is 27.2 Å². The molecule has 0 aliphatic rings. The van der Waals surface area contributed by atoms with Crippen molar-refractivity contribution in [2.24, 2.45) is 0 Å². The summed E-state index contributed by atoms with van der Waals surface area (Å²) in [6.07, 6.45) is 0.670. The summed E-state index contributed by atoms with van der Waals surface area (Å²) in [5.74, 6) is -1.70. The van der Waals surface area contributed by atoms with E-state index in [1.165, 1.54) is 7.11 Å². The Bertz CT molecular complexity index is 309. The van der Waals surface area contributed by atoms with Gasteiger partial charge < -0.3 is 25.8 Å². The van der Waals surface area contributed by atoms with Gasteiger partial charge in [-0.25, -0.2) is 9.59 Å². The van der Waals surface area contributed by atoms with Gasteiger partial charge in [0.25, 0.3) is 0 Å². The molecule has 8 nitrogen and oxygen atoms in total. The molecule has 0 aromatic rings. The van der Waals surface area contributed by atoms with Crippen LogP contribution in [0.1, 0.15) is 19.3 Å². The fourth-order valence-electron chi connectivity index (χ4n) is 1.30. The summed E-state index contributed by atoms with van der Waals surface area (Å²) in [4.78, 5) is 33.2. The average Bonchev–Trinajstić information content (AvgIpc) is 2.38. The lowest BCUT2D eigenvalue weighted by Gasteiger charge is -2.14. The maximum atomic E-state index is 11.4. The summed E-state index contributed by atoms with van der Waals surface area (Å²) < 4.78 is 4.41. The lowest BCUT2D eigenvalue weighted by atomic mass is 10.1. The number of esters is 1. The van der Waals surface area contributed by atoms with E-state index in [-0.39, 0.29) is 12.8 Å². The number of carboxylic acids is 1. The zero-order chi connectivity index (χ0) is 14.7. The number of carbonyl (C=O) groups is 3. The van der Waals surface area contributed by atoms with Crippen molar-refractivity contribution in [3.63, 3.8) is 0 Å². The average molecular weight is 275 g/mol. The molecule has 0 aliphatic heterocycles. The number of nitrogens with one attached hydrogen (secondary N) is 3. The van der Waals surface area contributed by atoms with Crippen LogP contribution in [-0.2, 0) is 14.3 Å². The van der Waals surface area contributed by atoms with E-state index in [1.807, 2.05) is 0 Å². The predicted molar refractivity (Wildman–Crippen MR) is 67.8 cm³/mol. The van der Waals surface area contributed by atoms with E-state index >= 15 is 0 Å². The Kier molecular flexibility index (Phi) is 9.15. The molecule has 0 aliphatic carbocycles. The van der Waals surface area contributed by atoms with E-state index in [9.17, 15) is 14.4 Å². The maximum Gasteiger partial charge on any atom is 0.326 e. The zero-order valence-electron chi connectivity index (χ0n) is 11.2. The van der Waals surface area contributed by atoms with Crippen LogP contribution in [0.5, 0.6) is 0 Å². The van der Waals surface area contributed by atoms with Gasteiger partial charge in [-0.1, -0.05) is 0 Å². The standard InChI is InChI=1S/C11H21N3O5/c1-12-6-3-7-13-11(18)14-8(10(16)17)4-5-9(15)19-2/h8,12H,3-7H2,1-2H3,(H,16,17)(H2,13,14,18)/t8-/m1/s1. The van der Waals surface area contributed by atoms with E-state index in [4.69, 9.17) is 5.11 Å². The summed E-state index contributed by atoms with van der Waals surface area (Å²) in [6, 6.07) is -1.67. The molecule has 0 heterocycles. The van der Waals surface area contributed by atoms with Crippen molar-refractivity contribution in [2.45, 2.75) is 25.3 Å². The van der Waals surface area contributed by atoms with Crippen LogP contribution < -0.4 is 16.0 Å². The van der Waals surface area contributed by atoms with Crippen molar-refractivity contribution in [1.29, 1.82) is 0 Å². The Morgan fingerprint density at radius 1 is 1.26 bits per heavy atom. The van der Waals surface area contributed by atoms with Gasteiger partial charge in [-0.3, -0.25) is 4.79 Å². The topological polar surface area (TPSA) is 117 Å². The number of aliphatic carboxylic acids is 1. The highest BCUT2D eigenvalue weighted by atomic mass is 16.5. The molecule has 0 radical (unpaired) electrons. The number of hydrogen-bond acceptors (Lipinski definition) is 5. The zero-order valence-corrected chi connectivity index (χ0v) is 11.2. The van der Waals surface area contributed by atoms with E-state index in [0.29, 0.717) is 6.54 Å². The van der Waals surface area contributed by atoms with Crippen molar-refractivity contribution in [3.8, 4) is 0 Å². The summed E-state index contributed by atoms with van der Waals surface area (Å²) in [5, 5.41) is 16.7. The van der Waals surface area contributed by atoms with Gasteiger partial charge in [0.1, 0.15) is 6.04 Å². The fraction of sp³-hybridized carbons (Fsp3) is 0.727. The maximum absolute atomic E-state index is 11.4. The van der Waals surface area contributed by atoms with Crippen LogP contribution in [-0.4, -0.2) is 56.4 Å². The second kappa shape index (κ2) is 10.1. The Morgan fingerprint density at radius 2 is 1.95 bits per heavy atom. The van der Waals surface area contributed by atoms with E-state index in [2.05, 4.69) is 20.7 Å². The molecule has 110 valence electrons. The van der Waals surface area contributed by atoms with Crippen LogP contribution in [0.3, 0.4) is 0 Å². The predicted octanol–water partition coefficient (Wildman–Crippen LogP) is -0.698. The highest BCUT2D eigenvalue weighted by molar-refractivity contribution is 5.83. The summed E-state index contributed by atoms with van der Waals surface area (Å²) in [5.41, 5.74) is 0. The second-order valence-corrected chi connectivity index (χ2v) is 3.86. The Labute approximate surface area is 111 Å². The van der Waals surface area contributed by atoms with Crippen molar-refractivity contribution in [1.82, 2.24) is 16.0 Å². The molecular weight excluding hydrogens is 254 g/mol. The first-order chi connectivity index (χ1) is 9.01. The minimum absolute atomic E-state index is 0.00799. The van der Waals surface area contributed by atoms with Gasteiger partial charge >= 0.3 is 18.0 Å². The van der Waals surface area contributed by atoms with Gasteiger partial charge in [-0.05, 0) is 26.4 Å². The van der Waals surface area contributed by atoms with Crippen LogP contribution in [0.25, 0.3) is 0 Å². The normalized spacial score (nSPS) is 11.5. The van der Waals surface area contributed by atoms with E-state index < -0.39 is 24.0 Å². The highest BCUT2D eigenvalue weighted by Crippen LogP contribution is 1.99. The molecule has 0 aromatic carbocycles. The molecule has 0 unspecified atom stereocenters. The molecule has 4 N–H and O–H groups in total. The first kappa shape index (κ1) is 17.2. The first-order valence-electron chi connectivity index (χ1n) is 5.99. The number of methoxy groups -OCH3 is 1. The molecule has 0 spiro atoms. The molecule has 0 aromatic heterocycles. The molecule has 0 saturated carbocycles. The molecule has 1 atom stereocenters. The molecule has 19 heavy (non-hydrogen) atoms. The molecule has 0 bridgehead atoms. The minimum Gasteiger partial charge on any atom is -0.480 e. The Hall–Kier alpha value is -1.83. The van der Waals surface area contributed by atoms with E-state index in [1.54, 1.807) is 7.05 Å². The third kappa shape index (κ3) is 8.83. The summed E-state index contributed by atoms with van der Waals surface area (Å²) in [6.45, 7) is 1.20. The van der Waals surface area contributed by atoms with Gasteiger partial charge in [0.05, 0.1) is 7.11 Å². The van der Waals surface area contributed by atoms with Crippen molar-refractivity contribution >= 4 is 18.0 Å².